The summed E-state index contributed by atoms with van der Waals surface area (Å²) < 4.78 is 0. The summed E-state index contributed by atoms with van der Waals surface area (Å²) >= 11 is 0. The van der Waals surface area contributed by atoms with Crippen molar-refractivity contribution >= 4 is 28.4 Å². The maximum atomic E-state index is 5.86. The van der Waals surface area contributed by atoms with Gasteiger partial charge in [-0.25, -0.2) is 4.98 Å². The zero-order valence-electron chi connectivity index (χ0n) is 10.7. The van der Waals surface area contributed by atoms with Gasteiger partial charge < -0.3 is 16.8 Å². The summed E-state index contributed by atoms with van der Waals surface area (Å²) in [6.45, 7) is 0.690. The molecular formula is C14H14N6. The van der Waals surface area contributed by atoms with Crippen LogP contribution in [-0.2, 0) is 6.54 Å². The van der Waals surface area contributed by atoms with Crippen molar-refractivity contribution in [3.05, 3.63) is 48.3 Å². The van der Waals surface area contributed by atoms with Gasteiger partial charge in [-0.05, 0) is 29.8 Å². The number of benzene rings is 1. The van der Waals surface area contributed by atoms with Crippen molar-refractivity contribution in [2.24, 2.45) is 0 Å². The lowest BCUT2D eigenvalue weighted by Gasteiger charge is -2.08. The molecule has 0 aliphatic heterocycles. The van der Waals surface area contributed by atoms with E-state index in [1.807, 2.05) is 36.5 Å². The molecule has 2 heterocycles. The molecule has 1 aromatic carbocycles. The van der Waals surface area contributed by atoms with E-state index in [2.05, 4.69) is 20.3 Å². The number of nitrogens with zero attached hydrogens (tertiary/aromatic N) is 3. The van der Waals surface area contributed by atoms with Crippen LogP contribution in [0, 0.1) is 0 Å². The van der Waals surface area contributed by atoms with Crippen LogP contribution in [0.2, 0.25) is 0 Å². The lowest BCUT2D eigenvalue weighted by molar-refractivity contribution is 1.11. The number of pyridine rings is 1. The van der Waals surface area contributed by atoms with Crippen LogP contribution < -0.4 is 16.8 Å². The highest BCUT2D eigenvalue weighted by atomic mass is 15.0. The predicted molar refractivity (Wildman–Crippen MR) is 79.9 cm³/mol. The van der Waals surface area contributed by atoms with Crippen LogP contribution in [-0.4, -0.2) is 15.0 Å². The fraction of sp³-hybridized carbons (Fsp3) is 0.0714. The smallest absolute Gasteiger partial charge is 0.222 e. The van der Waals surface area contributed by atoms with E-state index in [0.29, 0.717) is 12.4 Å². The second-order valence-corrected chi connectivity index (χ2v) is 4.41. The SMILES string of the molecule is Nc1nc(N)c2cc(NCc3cccnc3)ccc2n1. The maximum Gasteiger partial charge on any atom is 0.222 e. The minimum Gasteiger partial charge on any atom is -0.383 e. The van der Waals surface area contributed by atoms with Crippen molar-refractivity contribution in [3.8, 4) is 0 Å². The Hall–Kier alpha value is -2.89. The number of nitrogen functional groups attached to an aromatic ring is 2. The molecule has 2 aromatic heterocycles. The largest absolute Gasteiger partial charge is 0.383 e. The first-order valence-corrected chi connectivity index (χ1v) is 6.18. The number of rotatable bonds is 3. The highest BCUT2D eigenvalue weighted by molar-refractivity contribution is 5.91. The van der Waals surface area contributed by atoms with E-state index in [1.165, 1.54) is 0 Å². The fourth-order valence-electron chi connectivity index (χ4n) is 1.99. The van der Waals surface area contributed by atoms with Gasteiger partial charge in [0, 0.05) is 30.0 Å². The molecule has 0 aliphatic rings. The summed E-state index contributed by atoms with van der Waals surface area (Å²) in [7, 11) is 0. The Morgan fingerprint density at radius 3 is 2.80 bits per heavy atom. The Kier molecular flexibility index (Phi) is 3.04. The Bertz CT molecular complexity index is 741. The van der Waals surface area contributed by atoms with Crippen molar-refractivity contribution in [2.75, 3.05) is 16.8 Å². The summed E-state index contributed by atoms with van der Waals surface area (Å²) in [5.41, 5.74) is 14.2. The normalized spacial score (nSPS) is 10.6. The molecule has 6 heteroatoms. The highest BCUT2D eigenvalue weighted by Gasteiger charge is 2.04. The molecule has 100 valence electrons. The summed E-state index contributed by atoms with van der Waals surface area (Å²) in [5, 5.41) is 4.10. The molecule has 3 rings (SSSR count). The summed E-state index contributed by atoms with van der Waals surface area (Å²) in [4.78, 5) is 12.2. The van der Waals surface area contributed by atoms with Crippen molar-refractivity contribution in [1.82, 2.24) is 15.0 Å². The minimum absolute atomic E-state index is 0.186. The van der Waals surface area contributed by atoms with Crippen LogP contribution in [0.1, 0.15) is 5.56 Å². The monoisotopic (exact) mass is 266 g/mol. The quantitative estimate of drug-likeness (QED) is 0.668. The number of nitrogens with one attached hydrogen (secondary N) is 1. The molecular weight excluding hydrogens is 252 g/mol. The van der Waals surface area contributed by atoms with Gasteiger partial charge in [-0.3, -0.25) is 4.98 Å². The molecule has 0 spiro atoms. The summed E-state index contributed by atoms with van der Waals surface area (Å²) in [6, 6.07) is 9.64. The van der Waals surface area contributed by atoms with Gasteiger partial charge in [-0.15, -0.1) is 0 Å². The predicted octanol–water partition coefficient (Wildman–Crippen LogP) is 1.80. The molecule has 0 saturated heterocycles. The van der Waals surface area contributed by atoms with E-state index in [-0.39, 0.29) is 5.95 Å². The van der Waals surface area contributed by atoms with Gasteiger partial charge in [0.1, 0.15) is 5.82 Å². The number of aromatic nitrogens is 3. The number of anilines is 3. The molecule has 6 nitrogen and oxygen atoms in total. The van der Waals surface area contributed by atoms with Crippen LogP contribution in [0.15, 0.2) is 42.7 Å². The molecule has 5 N–H and O–H groups in total. The number of nitrogens with two attached hydrogens (primary N) is 2. The van der Waals surface area contributed by atoms with Crippen molar-refractivity contribution in [1.29, 1.82) is 0 Å². The zero-order valence-corrected chi connectivity index (χ0v) is 10.7. The van der Waals surface area contributed by atoms with Gasteiger partial charge >= 0.3 is 0 Å². The third-order valence-electron chi connectivity index (χ3n) is 2.96. The maximum absolute atomic E-state index is 5.86. The molecule has 0 fully saturated rings. The third kappa shape index (κ3) is 2.44. The Labute approximate surface area is 115 Å². The van der Waals surface area contributed by atoms with Gasteiger partial charge in [-0.1, -0.05) is 6.07 Å². The standard InChI is InChI=1S/C14H14N6/c15-13-11-6-10(3-4-12(11)19-14(16)20-13)18-8-9-2-1-5-17-7-9/h1-7,18H,8H2,(H4,15,16,19,20). The van der Waals surface area contributed by atoms with E-state index in [1.54, 1.807) is 6.20 Å². The van der Waals surface area contributed by atoms with Gasteiger partial charge in [0.25, 0.3) is 0 Å². The van der Waals surface area contributed by atoms with Gasteiger partial charge in [0.15, 0.2) is 0 Å². The van der Waals surface area contributed by atoms with E-state index < -0.39 is 0 Å². The molecule has 3 aromatic rings. The first-order chi connectivity index (χ1) is 9.72. The molecule has 0 radical (unpaired) electrons. The number of fused-ring (bicyclic) bond motifs is 1. The topological polar surface area (TPSA) is 103 Å². The van der Waals surface area contributed by atoms with Crippen LogP contribution >= 0.6 is 0 Å². The van der Waals surface area contributed by atoms with Crippen LogP contribution in [0.4, 0.5) is 17.5 Å². The first kappa shape index (κ1) is 12.2. The average molecular weight is 266 g/mol. The fourth-order valence-corrected chi connectivity index (χ4v) is 1.99. The molecule has 20 heavy (non-hydrogen) atoms. The Morgan fingerprint density at radius 1 is 1.10 bits per heavy atom. The van der Waals surface area contributed by atoms with E-state index in [4.69, 9.17) is 11.5 Å². The second kappa shape index (κ2) is 5.00. The van der Waals surface area contributed by atoms with E-state index in [0.717, 1.165) is 22.2 Å². The van der Waals surface area contributed by atoms with Gasteiger partial charge in [-0.2, -0.15) is 4.98 Å². The molecule has 0 unspecified atom stereocenters. The minimum atomic E-state index is 0.186. The number of hydrogen-bond donors (Lipinski definition) is 3. The van der Waals surface area contributed by atoms with Crippen molar-refractivity contribution < 1.29 is 0 Å². The Balaban J connectivity index is 1.86. The molecule has 0 atom stereocenters. The van der Waals surface area contributed by atoms with E-state index >= 15 is 0 Å². The number of hydrogen-bond acceptors (Lipinski definition) is 6. The van der Waals surface area contributed by atoms with Crippen LogP contribution in [0.3, 0.4) is 0 Å². The summed E-state index contributed by atoms with van der Waals surface area (Å²) in [5.74, 6) is 0.573. The molecule has 0 saturated carbocycles. The lowest BCUT2D eigenvalue weighted by atomic mass is 10.2. The second-order valence-electron chi connectivity index (χ2n) is 4.41. The van der Waals surface area contributed by atoms with Crippen LogP contribution in [0.5, 0.6) is 0 Å². The van der Waals surface area contributed by atoms with Crippen LogP contribution in [0.25, 0.3) is 10.9 Å². The molecule has 0 bridgehead atoms. The third-order valence-corrected chi connectivity index (χ3v) is 2.96. The highest BCUT2D eigenvalue weighted by Crippen LogP contribution is 2.22. The lowest BCUT2D eigenvalue weighted by Crippen LogP contribution is -2.02. The van der Waals surface area contributed by atoms with Crippen molar-refractivity contribution in [2.45, 2.75) is 6.54 Å². The molecule has 0 aliphatic carbocycles. The summed E-state index contributed by atoms with van der Waals surface area (Å²) in [6.07, 6.45) is 3.58. The average Bonchev–Trinajstić information content (AvgIpc) is 2.46. The Morgan fingerprint density at radius 2 is 2.00 bits per heavy atom. The van der Waals surface area contributed by atoms with Gasteiger partial charge in [0.2, 0.25) is 5.95 Å². The first-order valence-electron chi connectivity index (χ1n) is 6.18. The van der Waals surface area contributed by atoms with Gasteiger partial charge in [0.05, 0.1) is 5.52 Å². The van der Waals surface area contributed by atoms with Crippen molar-refractivity contribution in [3.63, 3.8) is 0 Å². The van der Waals surface area contributed by atoms with E-state index in [9.17, 15) is 0 Å². The molecule has 0 amide bonds. The zero-order chi connectivity index (χ0) is 13.9.